The fourth-order valence-electron chi connectivity index (χ4n) is 2.42. The Bertz CT molecular complexity index is 379. The standard InChI is InChI=1S/C11H17FN4/c1-13-6-7-4-8(5-7)9-14-10(16-15-9)11(12)2-3-11/h7-8,13H,2-6H2,1H3,(H,14,15,16). The molecule has 2 aliphatic carbocycles. The van der Waals surface area contributed by atoms with E-state index in [9.17, 15) is 4.39 Å². The predicted octanol–water partition coefficient (Wildman–Crippen LogP) is 1.48. The minimum absolute atomic E-state index is 0.444. The van der Waals surface area contributed by atoms with E-state index in [4.69, 9.17) is 0 Å². The number of nitrogens with one attached hydrogen (secondary N) is 2. The second-order valence-electron chi connectivity index (χ2n) is 5.12. The molecule has 0 amide bonds. The first-order valence-corrected chi connectivity index (χ1v) is 5.98. The Morgan fingerprint density at radius 2 is 2.19 bits per heavy atom. The summed E-state index contributed by atoms with van der Waals surface area (Å²) in [6, 6.07) is 0. The lowest BCUT2D eigenvalue weighted by atomic mass is 9.74. The van der Waals surface area contributed by atoms with Crippen molar-refractivity contribution in [1.29, 1.82) is 0 Å². The number of nitrogens with zero attached hydrogens (tertiary/aromatic N) is 2. The molecule has 2 saturated carbocycles. The summed E-state index contributed by atoms with van der Waals surface area (Å²) in [5.41, 5.74) is -1.18. The monoisotopic (exact) mass is 224 g/mol. The van der Waals surface area contributed by atoms with Crippen molar-refractivity contribution in [3.05, 3.63) is 11.6 Å². The van der Waals surface area contributed by atoms with E-state index in [0.29, 0.717) is 24.6 Å². The van der Waals surface area contributed by atoms with Gasteiger partial charge in [0.2, 0.25) is 0 Å². The molecule has 0 unspecified atom stereocenters. The first-order valence-electron chi connectivity index (χ1n) is 5.98. The minimum Gasteiger partial charge on any atom is -0.326 e. The summed E-state index contributed by atoms with van der Waals surface area (Å²) in [7, 11) is 1.97. The van der Waals surface area contributed by atoms with Crippen LogP contribution in [0.3, 0.4) is 0 Å². The highest BCUT2D eigenvalue weighted by Crippen LogP contribution is 2.48. The molecule has 0 atom stereocenters. The fraction of sp³-hybridized carbons (Fsp3) is 0.818. The molecule has 0 bridgehead atoms. The molecule has 1 aromatic heterocycles. The van der Waals surface area contributed by atoms with Crippen molar-refractivity contribution in [3.8, 4) is 0 Å². The zero-order valence-electron chi connectivity index (χ0n) is 9.46. The second kappa shape index (κ2) is 3.52. The first kappa shape index (κ1) is 10.2. The summed E-state index contributed by atoms with van der Waals surface area (Å²) < 4.78 is 13.7. The molecule has 3 rings (SSSR count). The van der Waals surface area contributed by atoms with Gasteiger partial charge in [-0.05, 0) is 45.2 Å². The molecule has 2 aliphatic rings. The number of H-pyrrole nitrogens is 1. The van der Waals surface area contributed by atoms with E-state index in [-0.39, 0.29) is 0 Å². The van der Waals surface area contributed by atoms with Gasteiger partial charge in [-0.2, -0.15) is 0 Å². The smallest absolute Gasteiger partial charge is 0.170 e. The van der Waals surface area contributed by atoms with Crippen molar-refractivity contribution in [2.45, 2.75) is 37.3 Å². The molecule has 0 spiro atoms. The van der Waals surface area contributed by atoms with Crippen LogP contribution in [0.4, 0.5) is 4.39 Å². The lowest BCUT2D eigenvalue weighted by Gasteiger charge is -2.33. The zero-order valence-corrected chi connectivity index (χ0v) is 9.46. The van der Waals surface area contributed by atoms with Gasteiger partial charge < -0.3 is 10.3 Å². The van der Waals surface area contributed by atoms with Crippen LogP contribution in [-0.4, -0.2) is 28.8 Å². The van der Waals surface area contributed by atoms with Crippen molar-refractivity contribution in [2.24, 2.45) is 5.92 Å². The van der Waals surface area contributed by atoms with E-state index in [1.165, 1.54) is 0 Å². The Balaban J connectivity index is 1.62. The maximum absolute atomic E-state index is 13.7. The maximum atomic E-state index is 13.7. The molecule has 2 fully saturated rings. The summed E-state index contributed by atoms with van der Waals surface area (Å²) in [6.07, 6.45) is 3.45. The normalized spacial score (nSPS) is 31.1. The van der Waals surface area contributed by atoms with Crippen molar-refractivity contribution in [2.75, 3.05) is 13.6 Å². The van der Waals surface area contributed by atoms with Crippen molar-refractivity contribution in [1.82, 2.24) is 20.5 Å². The third kappa shape index (κ3) is 1.63. The summed E-state index contributed by atoms with van der Waals surface area (Å²) in [4.78, 5) is 3.06. The van der Waals surface area contributed by atoms with Gasteiger partial charge in [-0.3, -0.25) is 0 Å². The van der Waals surface area contributed by atoms with Crippen LogP contribution in [0.15, 0.2) is 0 Å². The molecule has 0 saturated heterocycles. The minimum atomic E-state index is -1.18. The van der Waals surface area contributed by atoms with Gasteiger partial charge in [-0.1, -0.05) is 0 Å². The number of alkyl halides is 1. The van der Waals surface area contributed by atoms with Gasteiger partial charge in [0.25, 0.3) is 0 Å². The van der Waals surface area contributed by atoms with Crippen LogP contribution >= 0.6 is 0 Å². The lowest BCUT2D eigenvalue weighted by molar-refractivity contribution is 0.250. The van der Waals surface area contributed by atoms with Crippen LogP contribution in [-0.2, 0) is 5.67 Å². The van der Waals surface area contributed by atoms with E-state index in [1.54, 1.807) is 0 Å². The number of aromatic nitrogens is 3. The van der Waals surface area contributed by atoms with Gasteiger partial charge in [0.15, 0.2) is 11.5 Å². The maximum Gasteiger partial charge on any atom is 0.170 e. The average molecular weight is 224 g/mol. The van der Waals surface area contributed by atoms with Crippen LogP contribution in [0.2, 0.25) is 0 Å². The molecule has 5 heteroatoms. The van der Waals surface area contributed by atoms with E-state index in [1.807, 2.05) is 7.05 Å². The predicted molar refractivity (Wildman–Crippen MR) is 57.8 cm³/mol. The largest absolute Gasteiger partial charge is 0.326 e. The SMILES string of the molecule is CNCC1CC(c2nnc(C3(F)CC3)[nH]2)C1. The topological polar surface area (TPSA) is 53.6 Å². The van der Waals surface area contributed by atoms with Crippen molar-refractivity contribution >= 4 is 0 Å². The number of halogens is 1. The molecular weight excluding hydrogens is 207 g/mol. The summed E-state index contributed by atoms with van der Waals surface area (Å²) in [5, 5.41) is 11.2. The Hall–Kier alpha value is -0.970. The van der Waals surface area contributed by atoms with E-state index in [2.05, 4.69) is 20.5 Å². The van der Waals surface area contributed by atoms with E-state index in [0.717, 1.165) is 31.1 Å². The second-order valence-corrected chi connectivity index (χ2v) is 5.12. The Morgan fingerprint density at radius 1 is 1.44 bits per heavy atom. The van der Waals surface area contributed by atoms with Gasteiger partial charge >= 0.3 is 0 Å². The summed E-state index contributed by atoms with van der Waals surface area (Å²) >= 11 is 0. The molecule has 0 aliphatic heterocycles. The molecule has 16 heavy (non-hydrogen) atoms. The van der Waals surface area contributed by atoms with E-state index >= 15 is 0 Å². The molecule has 0 radical (unpaired) electrons. The number of hydrogen-bond donors (Lipinski definition) is 2. The van der Waals surface area contributed by atoms with Crippen LogP contribution in [0.5, 0.6) is 0 Å². The van der Waals surface area contributed by atoms with Gasteiger partial charge in [0.05, 0.1) is 0 Å². The quantitative estimate of drug-likeness (QED) is 0.814. The van der Waals surface area contributed by atoms with Gasteiger partial charge in [0, 0.05) is 5.92 Å². The van der Waals surface area contributed by atoms with Gasteiger partial charge in [-0.25, -0.2) is 4.39 Å². The summed E-state index contributed by atoms with van der Waals surface area (Å²) in [5.74, 6) is 2.52. The van der Waals surface area contributed by atoms with Crippen LogP contribution in [0, 0.1) is 5.92 Å². The van der Waals surface area contributed by atoms with E-state index < -0.39 is 5.67 Å². The van der Waals surface area contributed by atoms with Gasteiger partial charge in [-0.15, -0.1) is 10.2 Å². The molecule has 2 N–H and O–H groups in total. The fourth-order valence-corrected chi connectivity index (χ4v) is 2.42. The van der Waals surface area contributed by atoms with Gasteiger partial charge in [0.1, 0.15) is 5.82 Å². The third-order valence-electron chi connectivity index (χ3n) is 3.73. The van der Waals surface area contributed by atoms with Crippen molar-refractivity contribution < 1.29 is 4.39 Å². The highest BCUT2D eigenvalue weighted by atomic mass is 19.1. The average Bonchev–Trinajstić information content (AvgIpc) is 2.79. The lowest BCUT2D eigenvalue weighted by Crippen LogP contribution is -2.30. The number of rotatable bonds is 4. The molecule has 0 aromatic carbocycles. The van der Waals surface area contributed by atoms with Crippen LogP contribution < -0.4 is 5.32 Å². The molecule has 1 aromatic rings. The molecular formula is C11H17FN4. The molecule has 88 valence electrons. The number of aromatic amines is 1. The van der Waals surface area contributed by atoms with Crippen molar-refractivity contribution in [3.63, 3.8) is 0 Å². The molecule has 1 heterocycles. The Labute approximate surface area is 94.0 Å². The first-order chi connectivity index (χ1) is 7.71. The third-order valence-corrected chi connectivity index (χ3v) is 3.73. The molecule has 4 nitrogen and oxygen atoms in total. The van der Waals surface area contributed by atoms with Crippen LogP contribution in [0.1, 0.15) is 43.3 Å². The zero-order chi connectivity index (χ0) is 11.2. The highest BCUT2D eigenvalue weighted by molar-refractivity contribution is 5.14. The Kier molecular flexibility index (Phi) is 2.24. The Morgan fingerprint density at radius 3 is 2.81 bits per heavy atom. The summed E-state index contributed by atoms with van der Waals surface area (Å²) in [6.45, 7) is 1.06. The highest BCUT2D eigenvalue weighted by Gasteiger charge is 2.48. The number of hydrogen-bond acceptors (Lipinski definition) is 3. The van der Waals surface area contributed by atoms with Crippen LogP contribution in [0.25, 0.3) is 0 Å².